The molecule has 2 aromatic heterocycles. The van der Waals surface area contributed by atoms with Crippen molar-refractivity contribution in [3.05, 3.63) is 45.9 Å². The van der Waals surface area contributed by atoms with Crippen LogP contribution >= 0.6 is 0 Å². The lowest BCUT2D eigenvalue weighted by Gasteiger charge is -2.20. The lowest BCUT2D eigenvalue weighted by atomic mass is 10.1. The molecule has 10 heteroatoms. The standard InChI is InChI=1S/C21H30N6O4/c1-2-3-12-31-20-24-18(22)17-19(25-20)27(21(30)23-17)14-16-6-4-15(5-7-16)13-26(8-10-28)9-11-29/h4-7,28-29H,2-3,8-14H2,1H3,(H,23,30)(H2,22,24,25). The summed E-state index contributed by atoms with van der Waals surface area (Å²) in [5.74, 6) is 0.176. The fraction of sp³-hybridized carbons (Fsp3) is 0.476. The summed E-state index contributed by atoms with van der Waals surface area (Å²) in [6, 6.07) is 7.99. The number of H-pyrrole nitrogens is 1. The van der Waals surface area contributed by atoms with Gasteiger partial charge in [-0.15, -0.1) is 0 Å². The van der Waals surface area contributed by atoms with E-state index in [1.807, 2.05) is 29.2 Å². The summed E-state index contributed by atoms with van der Waals surface area (Å²) in [6.45, 7) is 4.56. The number of benzene rings is 1. The van der Waals surface area contributed by atoms with Crippen LogP contribution < -0.4 is 16.2 Å². The molecule has 3 rings (SSSR count). The maximum absolute atomic E-state index is 12.5. The number of nitrogens with two attached hydrogens (primary N) is 1. The highest BCUT2D eigenvalue weighted by atomic mass is 16.5. The number of imidazole rings is 1. The van der Waals surface area contributed by atoms with Gasteiger partial charge < -0.3 is 25.7 Å². The van der Waals surface area contributed by atoms with Crippen molar-refractivity contribution in [2.45, 2.75) is 32.9 Å². The van der Waals surface area contributed by atoms with Gasteiger partial charge in [0, 0.05) is 19.6 Å². The first-order valence-corrected chi connectivity index (χ1v) is 10.5. The second-order valence-corrected chi connectivity index (χ2v) is 7.35. The van der Waals surface area contributed by atoms with E-state index in [0.717, 1.165) is 24.0 Å². The molecule has 0 atom stereocenters. The molecule has 5 N–H and O–H groups in total. The van der Waals surface area contributed by atoms with Crippen LogP contribution in [0.3, 0.4) is 0 Å². The molecule has 0 spiro atoms. The summed E-state index contributed by atoms with van der Waals surface area (Å²) in [5.41, 5.74) is 8.46. The van der Waals surface area contributed by atoms with Gasteiger partial charge in [-0.2, -0.15) is 9.97 Å². The maximum Gasteiger partial charge on any atom is 0.328 e. The number of aromatic nitrogens is 4. The Kier molecular flexibility index (Phi) is 7.99. The molecule has 0 aliphatic carbocycles. The van der Waals surface area contributed by atoms with Gasteiger partial charge >= 0.3 is 11.7 Å². The first-order valence-electron chi connectivity index (χ1n) is 10.5. The Morgan fingerprint density at radius 3 is 2.45 bits per heavy atom. The summed E-state index contributed by atoms with van der Waals surface area (Å²) in [4.78, 5) is 25.7. The average molecular weight is 431 g/mol. The molecule has 0 aliphatic heterocycles. The normalized spacial score (nSPS) is 11.5. The summed E-state index contributed by atoms with van der Waals surface area (Å²) in [5, 5.41) is 18.3. The number of aliphatic hydroxyl groups is 2. The lowest BCUT2D eigenvalue weighted by molar-refractivity contribution is 0.156. The zero-order valence-corrected chi connectivity index (χ0v) is 17.8. The van der Waals surface area contributed by atoms with E-state index >= 15 is 0 Å². The van der Waals surface area contributed by atoms with Crippen molar-refractivity contribution in [1.29, 1.82) is 0 Å². The molecule has 3 aromatic rings. The van der Waals surface area contributed by atoms with Gasteiger partial charge in [0.15, 0.2) is 11.5 Å². The molecule has 0 bridgehead atoms. The number of ether oxygens (including phenoxy) is 1. The highest BCUT2D eigenvalue weighted by Crippen LogP contribution is 2.19. The summed E-state index contributed by atoms with van der Waals surface area (Å²) in [6.07, 6.45) is 1.86. The first kappa shape index (κ1) is 22.7. The van der Waals surface area contributed by atoms with Crippen molar-refractivity contribution >= 4 is 17.0 Å². The van der Waals surface area contributed by atoms with E-state index in [2.05, 4.69) is 21.9 Å². The SMILES string of the molecule is CCCCOc1nc(N)c2[nH]c(=O)n(Cc3ccc(CN(CCO)CCO)cc3)c2n1. The third kappa shape index (κ3) is 5.81. The molecule has 168 valence electrons. The van der Waals surface area contributed by atoms with Gasteiger partial charge in [0.25, 0.3) is 0 Å². The number of aliphatic hydroxyl groups excluding tert-OH is 2. The van der Waals surface area contributed by atoms with Crippen LogP contribution in [0.4, 0.5) is 5.82 Å². The molecule has 0 aliphatic rings. The van der Waals surface area contributed by atoms with Gasteiger partial charge in [0.1, 0.15) is 5.52 Å². The van der Waals surface area contributed by atoms with Crippen LogP contribution in [-0.2, 0) is 13.1 Å². The molecule has 0 unspecified atom stereocenters. The number of anilines is 1. The predicted molar refractivity (Wildman–Crippen MR) is 118 cm³/mol. The van der Waals surface area contributed by atoms with E-state index in [1.165, 1.54) is 4.57 Å². The Morgan fingerprint density at radius 1 is 1.13 bits per heavy atom. The van der Waals surface area contributed by atoms with E-state index in [0.29, 0.717) is 43.9 Å². The largest absolute Gasteiger partial charge is 0.463 e. The molecule has 0 saturated carbocycles. The van der Waals surface area contributed by atoms with Crippen LogP contribution in [0.5, 0.6) is 6.01 Å². The van der Waals surface area contributed by atoms with Crippen LogP contribution in [0.15, 0.2) is 29.1 Å². The molecule has 0 amide bonds. The van der Waals surface area contributed by atoms with Crippen LogP contribution in [0.25, 0.3) is 11.2 Å². The van der Waals surface area contributed by atoms with Crippen molar-refractivity contribution in [2.24, 2.45) is 0 Å². The summed E-state index contributed by atoms with van der Waals surface area (Å²) in [7, 11) is 0. The Labute approximate surface area is 180 Å². The number of nitrogens with one attached hydrogen (secondary N) is 1. The summed E-state index contributed by atoms with van der Waals surface area (Å²) >= 11 is 0. The Morgan fingerprint density at radius 2 is 1.81 bits per heavy atom. The number of nitrogens with zero attached hydrogens (tertiary/aromatic N) is 4. The highest BCUT2D eigenvalue weighted by Gasteiger charge is 2.15. The molecule has 1 aromatic carbocycles. The monoisotopic (exact) mass is 430 g/mol. The number of fused-ring (bicyclic) bond motifs is 1. The number of hydrogen-bond donors (Lipinski definition) is 4. The minimum Gasteiger partial charge on any atom is -0.463 e. The Balaban J connectivity index is 1.79. The van der Waals surface area contributed by atoms with Crippen LogP contribution in [0.2, 0.25) is 0 Å². The second-order valence-electron chi connectivity index (χ2n) is 7.35. The van der Waals surface area contributed by atoms with Gasteiger partial charge in [-0.25, -0.2) is 4.79 Å². The maximum atomic E-state index is 12.5. The van der Waals surface area contributed by atoms with Gasteiger partial charge in [-0.3, -0.25) is 9.47 Å². The Hall–Kier alpha value is -2.95. The number of rotatable bonds is 12. The van der Waals surface area contributed by atoms with E-state index in [1.54, 1.807) is 0 Å². The van der Waals surface area contributed by atoms with Crippen molar-refractivity contribution < 1.29 is 14.9 Å². The molecular weight excluding hydrogens is 400 g/mol. The molecular formula is C21H30N6O4. The molecule has 0 radical (unpaired) electrons. The van der Waals surface area contributed by atoms with E-state index < -0.39 is 0 Å². The van der Waals surface area contributed by atoms with Crippen LogP contribution in [-0.4, -0.2) is 67.5 Å². The minimum absolute atomic E-state index is 0.0384. The number of nitrogen functional groups attached to an aromatic ring is 1. The Bertz CT molecular complexity index is 1020. The van der Waals surface area contributed by atoms with Gasteiger partial charge in [0.2, 0.25) is 0 Å². The molecule has 10 nitrogen and oxygen atoms in total. The fourth-order valence-corrected chi connectivity index (χ4v) is 3.29. The lowest BCUT2D eigenvalue weighted by Crippen LogP contribution is -2.29. The third-order valence-electron chi connectivity index (χ3n) is 4.96. The van der Waals surface area contributed by atoms with Gasteiger partial charge in [-0.1, -0.05) is 37.6 Å². The van der Waals surface area contributed by atoms with Crippen LogP contribution in [0.1, 0.15) is 30.9 Å². The first-order chi connectivity index (χ1) is 15.0. The van der Waals surface area contributed by atoms with Crippen molar-refractivity contribution in [1.82, 2.24) is 24.4 Å². The number of hydrogen-bond acceptors (Lipinski definition) is 8. The zero-order chi connectivity index (χ0) is 22.2. The third-order valence-corrected chi connectivity index (χ3v) is 4.96. The topological polar surface area (TPSA) is 143 Å². The quantitative estimate of drug-likeness (QED) is 0.308. The second kappa shape index (κ2) is 10.9. The number of unbranched alkanes of at least 4 members (excludes halogenated alkanes) is 1. The molecule has 31 heavy (non-hydrogen) atoms. The fourth-order valence-electron chi connectivity index (χ4n) is 3.29. The van der Waals surface area contributed by atoms with E-state index in [9.17, 15) is 4.79 Å². The average Bonchev–Trinajstić information content (AvgIpc) is 3.06. The van der Waals surface area contributed by atoms with Crippen molar-refractivity contribution in [2.75, 3.05) is 38.6 Å². The molecule has 0 saturated heterocycles. The summed E-state index contributed by atoms with van der Waals surface area (Å²) < 4.78 is 7.08. The molecule has 0 fully saturated rings. The zero-order valence-electron chi connectivity index (χ0n) is 17.8. The smallest absolute Gasteiger partial charge is 0.328 e. The predicted octanol–water partition coefficient (Wildman–Crippen LogP) is 0.716. The minimum atomic E-state index is -0.317. The van der Waals surface area contributed by atoms with Crippen molar-refractivity contribution in [3.63, 3.8) is 0 Å². The van der Waals surface area contributed by atoms with Crippen molar-refractivity contribution in [3.8, 4) is 6.01 Å². The number of aromatic amines is 1. The molecule has 2 heterocycles. The van der Waals surface area contributed by atoms with Gasteiger partial charge in [-0.05, 0) is 17.5 Å². The van der Waals surface area contributed by atoms with E-state index in [4.69, 9.17) is 20.7 Å². The van der Waals surface area contributed by atoms with Crippen LogP contribution in [0, 0.1) is 0 Å². The van der Waals surface area contributed by atoms with E-state index in [-0.39, 0.29) is 30.7 Å². The highest BCUT2D eigenvalue weighted by molar-refractivity contribution is 5.81. The van der Waals surface area contributed by atoms with Gasteiger partial charge in [0.05, 0.1) is 26.4 Å².